The Kier molecular flexibility index (Phi) is 8.64. The van der Waals surface area contributed by atoms with Crippen LogP contribution in [0.15, 0.2) is 36.9 Å². The molecule has 1 aromatic rings. The number of halogens is 13. The third-order valence-electron chi connectivity index (χ3n) is 4.12. The second-order valence-corrected chi connectivity index (χ2v) is 7.60. The fraction of sp³-hybridized carbons (Fsp3) is 0.444. The van der Waals surface area contributed by atoms with Crippen LogP contribution in [0.3, 0.4) is 0 Å². The maximum atomic E-state index is 13.7. The summed E-state index contributed by atoms with van der Waals surface area (Å²) in [4.78, 5) is 22.9. The average Bonchev–Trinajstić information content (AvgIpc) is 2.72. The first-order chi connectivity index (χ1) is 15.6. The lowest BCUT2D eigenvalue weighted by Gasteiger charge is -2.39. The minimum Gasteiger partial charge on any atom is -0.423 e. The summed E-state index contributed by atoms with van der Waals surface area (Å²) in [5.41, 5.74) is -0.315. The molecule has 0 aliphatic carbocycles. The zero-order chi connectivity index (χ0) is 27.7. The predicted octanol–water partition coefficient (Wildman–Crippen LogP) is 6.78. The van der Waals surface area contributed by atoms with E-state index in [-0.39, 0.29) is 23.1 Å². The van der Waals surface area contributed by atoms with Crippen LogP contribution in [0.5, 0.6) is 5.75 Å². The van der Waals surface area contributed by atoms with Crippen molar-refractivity contribution in [3.05, 3.63) is 42.5 Å². The quantitative estimate of drug-likeness (QED) is 0.139. The second kappa shape index (κ2) is 9.89. The zero-order valence-corrected chi connectivity index (χ0v) is 17.4. The van der Waals surface area contributed by atoms with Gasteiger partial charge in [-0.05, 0) is 24.3 Å². The summed E-state index contributed by atoms with van der Waals surface area (Å²) in [5, 5.41) is -1.15. The Bertz CT molecular complexity index is 940. The van der Waals surface area contributed by atoms with Gasteiger partial charge < -0.3 is 4.74 Å². The van der Waals surface area contributed by atoms with Gasteiger partial charge in [-0.2, -0.15) is 57.1 Å². The molecular weight excluding hydrogens is 543 g/mol. The van der Waals surface area contributed by atoms with Crippen LogP contribution in [0.4, 0.5) is 57.1 Å². The van der Waals surface area contributed by atoms with E-state index in [0.717, 1.165) is 30.3 Å². The average molecular weight is 554 g/mol. The van der Waals surface area contributed by atoms with Crippen molar-refractivity contribution < 1.29 is 71.4 Å². The van der Waals surface area contributed by atoms with Gasteiger partial charge in [-0.1, -0.05) is 18.3 Å². The molecule has 17 heteroatoms. The van der Waals surface area contributed by atoms with Gasteiger partial charge in [0.25, 0.3) is 0 Å². The van der Waals surface area contributed by atoms with Crippen LogP contribution in [0.1, 0.15) is 16.8 Å². The van der Waals surface area contributed by atoms with Gasteiger partial charge in [0.05, 0.1) is 0 Å². The van der Waals surface area contributed by atoms with Gasteiger partial charge in [0.2, 0.25) is 5.12 Å². The molecule has 198 valence electrons. The Morgan fingerprint density at radius 1 is 0.771 bits per heavy atom. The van der Waals surface area contributed by atoms with E-state index >= 15 is 0 Å². The Morgan fingerprint density at radius 3 is 1.66 bits per heavy atom. The Hall–Kier alpha value is -2.46. The Labute approximate surface area is 191 Å². The number of rotatable bonds is 10. The number of carbonyl (C=O) groups is 2. The maximum absolute atomic E-state index is 13.7. The molecule has 0 unspecified atom stereocenters. The standard InChI is InChI=1S/C18H11F13O3S/c1-2-11(32)34-10-5-3-9(4-6-10)12(33)35-8-7-13(19,20)14(21,22)15(23,24)16(25,26)17(27,28)18(29,30)31/h2-6H,1,7-8H2. The van der Waals surface area contributed by atoms with Gasteiger partial charge in [-0.3, -0.25) is 4.79 Å². The lowest BCUT2D eigenvalue weighted by atomic mass is 9.93. The molecule has 0 saturated carbocycles. The summed E-state index contributed by atoms with van der Waals surface area (Å²) >= 11 is -0.212. The van der Waals surface area contributed by atoms with Gasteiger partial charge in [0.15, 0.2) is 0 Å². The first kappa shape index (κ1) is 30.6. The Morgan fingerprint density at radius 2 is 1.23 bits per heavy atom. The summed E-state index contributed by atoms with van der Waals surface area (Å²) in [6.45, 7) is 3.10. The van der Waals surface area contributed by atoms with Crippen LogP contribution in [0.25, 0.3) is 0 Å². The van der Waals surface area contributed by atoms with E-state index in [4.69, 9.17) is 0 Å². The molecule has 3 nitrogen and oxygen atoms in total. The third kappa shape index (κ3) is 5.69. The highest BCUT2D eigenvalue weighted by Crippen LogP contribution is 2.60. The molecule has 0 radical (unpaired) electrons. The molecule has 0 N–H and O–H groups in total. The Balaban J connectivity index is 2.98. The van der Waals surface area contributed by atoms with E-state index < -0.39 is 59.0 Å². The van der Waals surface area contributed by atoms with E-state index in [1.165, 1.54) is 0 Å². The molecular formula is C18H11F13O3S. The predicted molar refractivity (Wildman–Crippen MR) is 94.5 cm³/mol. The largest absolute Gasteiger partial charge is 0.460 e. The summed E-state index contributed by atoms with van der Waals surface area (Å²) in [7, 11) is 0. The molecule has 0 fully saturated rings. The van der Waals surface area contributed by atoms with Crippen molar-refractivity contribution in [1.82, 2.24) is 0 Å². The van der Waals surface area contributed by atoms with Gasteiger partial charge >= 0.3 is 41.8 Å². The van der Waals surface area contributed by atoms with E-state index in [1.54, 1.807) is 0 Å². The molecule has 35 heavy (non-hydrogen) atoms. The monoisotopic (exact) mass is 554 g/mol. The molecule has 1 aromatic carbocycles. The highest BCUT2D eigenvalue weighted by atomic mass is 32.2. The number of carbonyl (C=O) groups excluding carboxylic acids is 2. The molecule has 0 aliphatic heterocycles. The maximum Gasteiger partial charge on any atom is 0.460 e. The number of ether oxygens (including phenoxy) is 1. The molecule has 0 heterocycles. The number of hydrogen-bond acceptors (Lipinski definition) is 4. The van der Waals surface area contributed by atoms with Crippen LogP contribution in [-0.4, -0.2) is 52.6 Å². The SMILES string of the molecule is C=CC(=O)Oc1ccc(C(=O)SCCC(F)(F)C(F)(F)C(F)(F)C(F)(F)C(F)(F)C(F)(F)F)cc1. The van der Waals surface area contributed by atoms with Crippen molar-refractivity contribution in [2.45, 2.75) is 42.2 Å². The smallest absolute Gasteiger partial charge is 0.423 e. The minimum atomic E-state index is -7.97. The molecule has 0 amide bonds. The van der Waals surface area contributed by atoms with Crippen LogP contribution >= 0.6 is 11.8 Å². The van der Waals surface area contributed by atoms with Crippen molar-refractivity contribution in [3.8, 4) is 5.75 Å². The summed E-state index contributed by atoms with van der Waals surface area (Å²) in [6, 6.07) is 3.98. The van der Waals surface area contributed by atoms with E-state index in [2.05, 4.69) is 11.3 Å². The van der Waals surface area contributed by atoms with Crippen LogP contribution in [-0.2, 0) is 4.79 Å². The fourth-order valence-corrected chi connectivity index (χ4v) is 2.98. The molecule has 0 atom stereocenters. The van der Waals surface area contributed by atoms with Gasteiger partial charge in [-0.15, -0.1) is 0 Å². The molecule has 0 bridgehead atoms. The van der Waals surface area contributed by atoms with Crippen LogP contribution in [0.2, 0.25) is 0 Å². The van der Waals surface area contributed by atoms with Crippen molar-refractivity contribution in [1.29, 1.82) is 0 Å². The number of hydrogen-bond donors (Lipinski definition) is 0. The fourth-order valence-electron chi connectivity index (χ4n) is 2.13. The van der Waals surface area contributed by atoms with Crippen molar-refractivity contribution in [2.24, 2.45) is 0 Å². The minimum absolute atomic E-state index is 0.110. The van der Waals surface area contributed by atoms with E-state index in [9.17, 15) is 66.7 Å². The van der Waals surface area contributed by atoms with E-state index in [1.807, 2.05) is 0 Å². The van der Waals surface area contributed by atoms with Crippen molar-refractivity contribution >= 4 is 22.8 Å². The van der Waals surface area contributed by atoms with Gasteiger partial charge in [0.1, 0.15) is 5.75 Å². The van der Waals surface area contributed by atoms with Crippen molar-refractivity contribution in [3.63, 3.8) is 0 Å². The summed E-state index contributed by atoms with van der Waals surface area (Å²) in [6.07, 6.45) is -9.18. The highest BCUT2D eigenvalue weighted by Gasteiger charge is 2.90. The molecule has 0 aromatic heterocycles. The number of alkyl halides is 13. The lowest BCUT2D eigenvalue weighted by Crippen LogP contribution is -2.70. The number of esters is 1. The second-order valence-electron chi connectivity index (χ2n) is 6.54. The van der Waals surface area contributed by atoms with Gasteiger partial charge in [-0.25, -0.2) is 4.79 Å². The van der Waals surface area contributed by atoms with Gasteiger partial charge in [0, 0.05) is 23.8 Å². The molecule has 0 saturated heterocycles. The van der Waals surface area contributed by atoms with Crippen LogP contribution < -0.4 is 4.74 Å². The molecule has 0 spiro atoms. The van der Waals surface area contributed by atoms with Crippen LogP contribution in [0, 0.1) is 0 Å². The molecule has 1 rings (SSSR count). The first-order valence-corrected chi connectivity index (χ1v) is 9.62. The molecule has 0 aliphatic rings. The normalized spacial score (nSPS) is 14.0. The first-order valence-electron chi connectivity index (χ1n) is 8.64. The highest BCUT2D eigenvalue weighted by molar-refractivity contribution is 8.14. The topological polar surface area (TPSA) is 43.4 Å². The number of thioether (sulfide) groups is 1. The summed E-state index contributed by atoms with van der Waals surface area (Å²) < 4.78 is 174. The van der Waals surface area contributed by atoms with E-state index in [0.29, 0.717) is 0 Å². The van der Waals surface area contributed by atoms with Crippen molar-refractivity contribution in [2.75, 3.05) is 5.75 Å². The third-order valence-corrected chi connectivity index (χ3v) is 5.03. The number of benzene rings is 1. The zero-order valence-electron chi connectivity index (χ0n) is 16.6. The summed E-state index contributed by atoms with van der Waals surface area (Å²) in [5.74, 6) is -39.7. The lowest BCUT2D eigenvalue weighted by molar-refractivity contribution is -0.439.